The highest BCUT2D eigenvalue weighted by atomic mass is 32.2. The average molecular weight is 505 g/mol. The van der Waals surface area contributed by atoms with E-state index in [1.165, 1.54) is 11.0 Å². The number of nitrogens with one attached hydrogen (secondary N) is 1. The average Bonchev–Trinajstić information content (AvgIpc) is 3.21. The predicted molar refractivity (Wildman–Crippen MR) is 128 cm³/mol. The van der Waals surface area contributed by atoms with Crippen molar-refractivity contribution in [3.63, 3.8) is 0 Å². The van der Waals surface area contributed by atoms with Crippen LogP contribution in [-0.2, 0) is 21.4 Å². The third-order valence-electron chi connectivity index (χ3n) is 5.30. The molecule has 2 aliphatic heterocycles. The molecule has 9 nitrogen and oxygen atoms in total. The van der Waals surface area contributed by atoms with Gasteiger partial charge in [-0.15, -0.1) is 34.9 Å². The molecule has 2 aromatic heterocycles. The lowest BCUT2D eigenvalue weighted by Crippen LogP contribution is -2.69. The first-order chi connectivity index (χ1) is 15.7. The molecule has 1 unspecified atom stereocenters. The fraction of sp³-hybridized carbons (Fsp3) is 0.286. The largest absolute Gasteiger partial charge is 0.478 e. The van der Waals surface area contributed by atoms with Gasteiger partial charge in [-0.05, 0) is 12.5 Å². The molecule has 0 aliphatic carbocycles. The summed E-state index contributed by atoms with van der Waals surface area (Å²) in [5, 5.41) is 13.4. The summed E-state index contributed by atoms with van der Waals surface area (Å²) in [5.41, 5.74) is 7.75. The first-order valence-electron chi connectivity index (χ1n) is 9.93. The third kappa shape index (κ3) is 4.92. The zero-order chi connectivity index (χ0) is 23.7. The SMILES string of the molecule is CC1=C(CSc2cc[n+](C)cc2)CS[C@H]2C(NC(=O)C(=CC(=O)O)c3csc(N)n3)C(=O)N12. The Bertz CT molecular complexity index is 1170. The number of β-lactam (4-membered cyclic amide) rings is 1. The standard InChI is InChI=1S/C21H21N5O4S3/c1-11-12(8-31-13-3-5-25(2)6-4-13)9-32-20-17(19(30)26(11)20)24-18(29)14(7-16(27)28)15-10-33-21(22)23-15/h3-7,10,17,20H,8-9H2,1-2H3,(H3-,22,23,24,27,28,29)/p+1/t17?,20-/m0/s1. The van der Waals surface area contributed by atoms with Crippen LogP contribution >= 0.6 is 34.9 Å². The van der Waals surface area contributed by atoms with Crippen LogP contribution in [0.2, 0.25) is 0 Å². The number of aromatic nitrogens is 2. The molecule has 2 amide bonds. The molecule has 0 saturated carbocycles. The highest BCUT2D eigenvalue weighted by Gasteiger charge is 2.51. The first-order valence-corrected chi connectivity index (χ1v) is 12.8. The number of nitrogens with zero attached hydrogens (tertiary/aromatic N) is 3. The molecule has 0 bridgehead atoms. The quantitative estimate of drug-likeness (QED) is 0.224. The second kappa shape index (κ2) is 9.57. The minimum atomic E-state index is -1.28. The second-order valence-corrected chi connectivity index (χ2v) is 10.5. The minimum Gasteiger partial charge on any atom is -0.478 e. The molecular weight excluding hydrogens is 482 g/mol. The van der Waals surface area contributed by atoms with Crippen molar-refractivity contribution in [1.82, 2.24) is 15.2 Å². The summed E-state index contributed by atoms with van der Waals surface area (Å²) in [7, 11) is 1.97. The van der Waals surface area contributed by atoms with Crippen molar-refractivity contribution < 1.29 is 24.1 Å². The van der Waals surface area contributed by atoms with E-state index in [4.69, 9.17) is 10.8 Å². The highest BCUT2D eigenvalue weighted by Crippen LogP contribution is 2.41. The highest BCUT2D eigenvalue weighted by molar-refractivity contribution is 8.01. The zero-order valence-electron chi connectivity index (χ0n) is 17.8. The van der Waals surface area contributed by atoms with Gasteiger partial charge in [0.25, 0.3) is 11.8 Å². The van der Waals surface area contributed by atoms with Crippen LogP contribution in [0.4, 0.5) is 5.13 Å². The summed E-state index contributed by atoms with van der Waals surface area (Å²) in [4.78, 5) is 43.8. The van der Waals surface area contributed by atoms with Gasteiger partial charge < -0.3 is 16.2 Å². The molecule has 12 heteroatoms. The molecule has 0 aromatic carbocycles. The number of thioether (sulfide) groups is 2. The number of rotatable bonds is 7. The summed E-state index contributed by atoms with van der Waals surface area (Å²) in [6.45, 7) is 1.93. The second-order valence-electron chi connectivity index (χ2n) is 7.51. The number of hydrogen-bond acceptors (Lipinski definition) is 8. The number of nitrogen functional groups attached to an aromatic ring is 1. The number of thiazole rings is 1. The Balaban J connectivity index is 1.43. The van der Waals surface area contributed by atoms with E-state index < -0.39 is 17.9 Å². The molecule has 0 radical (unpaired) electrons. The molecular formula is C21H22N5O4S3+. The minimum absolute atomic E-state index is 0.136. The van der Waals surface area contributed by atoms with E-state index in [0.29, 0.717) is 0 Å². The van der Waals surface area contributed by atoms with E-state index in [9.17, 15) is 14.4 Å². The Hall–Kier alpha value is -2.83. The summed E-state index contributed by atoms with van der Waals surface area (Å²) >= 11 is 4.41. The number of fused-ring (bicyclic) bond motifs is 1. The fourth-order valence-corrected chi connectivity index (χ4v) is 6.62. The molecule has 2 aromatic rings. The molecule has 0 spiro atoms. The number of carboxylic acid groups (broad SMARTS) is 1. The van der Waals surface area contributed by atoms with Crippen LogP contribution in [0.5, 0.6) is 0 Å². The lowest BCUT2D eigenvalue weighted by Gasteiger charge is -2.50. The van der Waals surface area contributed by atoms with Gasteiger partial charge in [0, 0.05) is 45.7 Å². The number of allylic oxidation sites excluding steroid dienone is 1. The fourth-order valence-electron chi connectivity index (χ4n) is 3.49. The maximum Gasteiger partial charge on any atom is 0.329 e. The van der Waals surface area contributed by atoms with E-state index in [2.05, 4.69) is 22.4 Å². The van der Waals surface area contributed by atoms with E-state index in [1.807, 2.05) is 30.9 Å². The van der Waals surface area contributed by atoms with E-state index in [1.54, 1.807) is 28.4 Å². The van der Waals surface area contributed by atoms with Crippen molar-refractivity contribution in [2.24, 2.45) is 7.05 Å². The van der Waals surface area contributed by atoms with Gasteiger partial charge in [-0.3, -0.25) is 14.5 Å². The number of hydrogen-bond donors (Lipinski definition) is 3. The predicted octanol–water partition coefficient (Wildman–Crippen LogP) is 1.48. The van der Waals surface area contributed by atoms with Crippen molar-refractivity contribution in [1.29, 1.82) is 0 Å². The third-order valence-corrected chi connectivity index (χ3v) is 8.41. The van der Waals surface area contributed by atoms with Crippen molar-refractivity contribution >= 4 is 63.3 Å². The number of carboxylic acids is 1. The van der Waals surface area contributed by atoms with Crippen LogP contribution in [0.15, 0.2) is 52.1 Å². The van der Waals surface area contributed by atoms with Crippen molar-refractivity contribution in [3.8, 4) is 0 Å². The van der Waals surface area contributed by atoms with Gasteiger partial charge in [-0.25, -0.2) is 14.3 Å². The summed E-state index contributed by atoms with van der Waals surface area (Å²) < 4.78 is 1.98. The maximum atomic E-state index is 12.9. The number of pyridine rings is 1. The molecule has 4 N–H and O–H groups in total. The summed E-state index contributed by atoms with van der Waals surface area (Å²) in [5.74, 6) is -0.632. The summed E-state index contributed by atoms with van der Waals surface area (Å²) in [6, 6.07) is 3.38. The van der Waals surface area contributed by atoms with Gasteiger partial charge in [0.05, 0.1) is 11.3 Å². The Morgan fingerprint density at radius 3 is 2.79 bits per heavy atom. The monoisotopic (exact) mass is 504 g/mol. The van der Waals surface area contributed by atoms with E-state index in [0.717, 1.165) is 39.5 Å². The smallest absolute Gasteiger partial charge is 0.329 e. The van der Waals surface area contributed by atoms with Crippen LogP contribution in [0.1, 0.15) is 12.6 Å². The number of aliphatic carboxylic acids is 1. The topological polar surface area (TPSA) is 130 Å². The lowest BCUT2D eigenvalue weighted by atomic mass is 10.0. The maximum absolute atomic E-state index is 12.9. The number of carbonyl (C=O) groups is 3. The first kappa shape index (κ1) is 23.3. The Morgan fingerprint density at radius 2 is 2.15 bits per heavy atom. The van der Waals surface area contributed by atoms with Gasteiger partial charge in [-0.1, -0.05) is 0 Å². The number of aryl methyl sites for hydroxylation is 1. The van der Waals surface area contributed by atoms with Gasteiger partial charge in [-0.2, -0.15) is 0 Å². The number of anilines is 1. The van der Waals surface area contributed by atoms with Crippen LogP contribution in [0, 0.1) is 0 Å². The molecule has 4 rings (SSSR count). The Morgan fingerprint density at radius 1 is 1.42 bits per heavy atom. The lowest BCUT2D eigenvalue weighted by molar-refractivity contribution is -0.671. The summed E-state index contributed by atoms with van der Waals surface area (Å²) in [6.07, 6.45) is 4.77. The Labute approximate surface area is 202 Å². The van der Waals surface area contributed by atoms with E-state index >= 15 is 0 Å². The molecule has 33 heavy (non-hydrogen) atoms. The molecule has 4 heterocycles. The van der Waals surface area contributed by atoms with Gasteiger partial charge >= 0.3 is 5.97 Å². The number of nitrogens with two attached hydrogens (primary N) is 1. The molecule has 1 saturated heterocycles. The van der Waals surface area contributed by atoms with E-state index in [-0.39, 0.29) is 27.7 Å². The van der Waals surface area contributed by atoms with Crippen molar-refractivity contribution in [3.05, 3.63) is 52.9 Å². The van der Waals surface area contributed by atoms with Crippen molar-refractivity contribution in [2.75, 3.05) is 17.2 Å². The van der Waals surface area contributed by atoms with Crippen molar-refractivity contribution in [2.45, 2.75) is 23.2 Å². The zero-order valence-corrected chi connectivity index (χ0v) is 20.3. The molecule has 2 aliphatic rings. The Kier molecular flexibility index (Phi) is 6.77. The number of carbonyl (C=O) groups excluding carboxylic acids is 2. The van der Waals surface area contributed by atoms with Crippen LogP contribution < -0.4 is 15.6 Å². The number of amides is 2. The van der Waals surface area contributed by atoms with Crippen LogP contribution in [0.3, 0.4) is 0 Å². The van der Waals surface area contributed by atoms with Crippen LogP contribution in [0.25, 0.3) is 5.57 Å². The van der Waals surface area contributed by atoms with Gasteiger partial charge in [0.15, 0.2) is 17.5 Å². The van der Waals surface area contributed by atoms with Gasteiger partial charge in [0.2, 0.25) is 0 Å². The normalized spacial score (nSPS) is 20.4. The molecule has 1 fully saturated rings. The molecule has 172 valence electrons. The van der Waals surface area contributed by atoms with Gasteiger partial charge in [0.1, 0.15) is 18.5 Å². The molecule has 2 atom stereocenters. The van der Waals surface area contributed by atoms with Crippen LogP contribution in [-0.4, -0.2) is 55.7 Å².